The predicted octanol–water partition coefficient (Wildman–Crippen LogP) is 2.71. The molecule has 0 radical (unpaired) electrons. The molecule has 1 aromatic carbocycles. The summed E-state index contributed by atoms with van der Waals surface area (Å²) >= 11 is 1.23. The first-order valence-corrected chi connectivity index (χ1v) is 10.6. The minimum atomic E-state index is -0.282. The van der Waals surface area contributed by atoms with Gasteiger partial charge in [-0.15, -0.1) is 10.2 Å². The lowest BCUT2D eigenvalue weighted by Gasteiger charge is -2.33. The maximum Gasteiger partial charge on any atom is 0.286 e. The van der Waals surface area contributed by atoms with Crippen LogP contribution in [-0.2, 0) is 11.2 Å². The number of carbonyl (C=O) groups is 2. The first kappa shape index (κ1) is 20.4. The maximum absolute atomic E-state index is 12.2. The summed E-state index contributed by atoms with van der Waals surface area (Å²) in [7, 11) is 0. The highest BCUT2D eigenvalue weighted by molar-refractivity contribution is 7.13. The van der Waals surface area contributed by atoms with E-state index in [-0.39, 0.29) is 11.8 Å². The van der Waals surface area contributed by atoms with Crippen LogP contribution in [0.2, 0.25) is 0 Å². The highest BCUT2D eigenvalue weighted by atomic mass is 32.1. The lowest BCUT2D eigenvalue weighted by Crippen LogP contribution is -2.42. The number of rotatable bonds is 8. The normalized spacial score (nSPS) is 17.2. The Hall–Kier alpha value is -2.32. The summed E-state index contributed by atoms with van der Waals surface area (Å²) in [6.45, 7) is 4.94. The van der Waals surface area contributed by atoms with Crippen LogP contribution in [-0.4, -0.2) is 52.6 Å². The Morgan fingerprint density at radius 2 is 2.04 bits per heavy atom. The zero-order valence-electron chi connectivity index (χ0n) is 16.2. The van der Waals surface area contributed by atoms with Gasteiger partial charge >= 0.3 is 0 Å². The number of anilines is 1. The number of para-hydroxylation sites is 1. The first-order chi connectivity index (χ1) is 13.6. The summed E-state index contributed by atoms with van der Waals surface area (Å²) in [4.78, 5) is 26.7. The second kappa shape index (κ2) is 10.3. The van der Waals surface area contributed by atoms with E-state index in [0.29, 0.717) is 41.1 Å². The van der Waals surface area contributed by atoms with Crippen molar-refractivity contribution < 1.29 is 9.59 Å². The van der Waals surface area contributed by atoms with Crippen molar-refractivity contribution in [2.75, 3.05) is 25.0 Å². The Balaban J connectivity index is 1.37. The number of aromatic nitrogens is 2. The van der Waals surface area contributed by atoms with E-state index < -0.39 is 0 Å². The minimum absolute atomic E-state index is 0.00940. The van der Waals surface area contributed by atoms with Crippen molar-refractivity contribution in [3.8, 4) is 0 Å². The number of nitrogens with zero attached hydrogens (tertiary/aromatic N) is 3. The van der Waals surface area contributed by atoms with Gasteiger partial charge in [0.25, 0.3) is 5.91 Å². The molecule has 2 amide bonds. The van der Waals surface area contributed by atoms with E-state index in [0.717, 1.165) is 13.1 Å². The Morgan fingerprint density at radius 3 is 2.82 bits per heavy atom. The van der Waals surface area contributed by atoms with Gasteiger partial charge in [-0.25, -0.2) is 0 Å². The number of piperidine rings is 1. The third-order valence-corrected chi connectivity index (χ3v) is 5.90. The molecule has 1 saturated heterocycles. The van der Waals surface area contributed by atoms with Crippen molar-refractivity contribution in [3.63, 3.8) is 0 Å². The third-order valence-electron chi connectivity index (χ3n) is 4.92. The highest BCUT2D eigenvalue weighted by Gasteiger charge is 2.18. The molecule has 1 aromatic heterocycles. The summed E-state index contributed by atoms with van der Waals surface area (Å²) < 4.78 is 0. The summed E-state index contributed by atoms with van der Waals surface area (Å²) in [6, 6.07) is 9.82. The SMILES string of the molecule is C[C@@H]1CCCCN1CCNC(=O)CCc1nnc(C(=O)Nc2ccccc2)s1. The number of aryl methyl sites for hydroxylation is 1. The average Bonchev–Trinajstić information content (AvgIpc) is 3.18. The van der Waals surface area contributed by atoms with Gasteiger partial charge in [0.2, 0.25) is 10.9 Å². The molecule has 3 rings (SSSR count). The number of nitrogens with one attached hydrogen (secondary N) is 2. The molecular weight excluding hydrogens is 374 g/mol. The number of benzene rings is 1. The average molecular weight is 402 g/mol. The summed E-state index contributed by atoms with van der Waals surface area (Å²) in [5, 5.41) is 14.7. The lowest BCUT2D eigenvalue weighted by atomic mass is 10.0. The monoisotopic (exact) mass is 401 g/mol. The topological polar surface area (TPSA) is 87.2 Å². The van der Waals surface area contributed by atoms with Gasteiger partial charge < -0.3 is 10.6 Å². The standard InChI is InChI=1S/C20H27N5O2S/c1-15-7-5-6-13-25(15)14-12-21-17(26)10-11-18-23-24-20(28-18)19(27)22-16-8-3-2-4-9-16/h2-4,8-9,15H,5-7,10-14H2,1H3,(H,21,26)(H,22,27)/t15-/m1/s1. The fourth-order valence-electron chi connectivity index (χ4n) is 3.29. The summed E-state index contributed by atoms with van der Waals surface area (Å²) in [6.07, 6.45) is 4.63. The van der Waals surface area contributed by atoms with E-state index in [4.69, 9.17) is 0 Å². The molecule has 150 valence electrons. The largest absolute Gasteiger partial charge is 0.355 e. The molecule has 1 fully saturated rings. The quantitative estimate of drug-likeness (QED) is 0.710. The van der Waals surface area contributed by atoms with Crippen molar-refractivity contribution >= 4 is 28.8 Å². The maximum atomic E-state index is 12.2. The molecule has 0 bridgehead atoms. The molecule has 0 aliphatic carbocycles. The number of carbonyl (C=O) groups excluding carboxylic acids is 2. The van der Waals surface area contributed by atoms with Gasteiger partial charge in [0.05, 0.1) is 0 Å². The van der Waals surface area contributed by atoms with Gasteiger partial charge in [-0.3, -0.25) is 14.5 Å². The summed E-state index contributed by atoms with van der Waals surface area (Å²) in [5.74, 6) is -0.273. The molecule has 8 heteroatoms. The third kappa shape index (κ3) is 6.10. The minimum Gasteiger partial charge on any atom is -0.355 e. The van der Waals surface area contributed by atoms with Crippen molar-refractivity contribution in [2.45, 2.75) is 45.1 Å². The van der Waals surface area contributed by atoms with Crippen LogP contribution in [0.4, 0.5) is 5.69 Å². The van der Waals surface area contributed by atoms with Gasteiger partial charge in [-0.05, 0) is 38.4 Å². The zero-order chi connectivity index (χ0) is 19.8. The van der Waals surface area contributed by atoms with Crippen LogP contribution in [0.5, 0.6) is 0 Å². The van der Waals surface area contributed by atoms with Crippen LogP contribution in [0.3, 0.4) is 0 Å². The fraction of sp³-hybridized carbons (Fsp3) is 0.500. The molecule has 1 atom stereocenters. The van der Waals surface area contributed by atoms with E-state index in [1.165, 1.54) is 30.6 Å². The smallest absolute Gasteiger partial charge is 0.286 e. The molecule has 7 nitrogen and oxygen atoms in total. The Kier molecular flexibility index (Phi) is 7.50. The van der Waals surface area contributed by atoms with Gasteiger partial charge in [0, 0.05) is 37.7 Å². The van der Waals surface area contributed by atoms with Crippen molar-refractivity contribution in [3.05, 3.63) is 40.3 Å². The van der Waals surface area contributed by atoms with E-state index in [2.05, 4.69) is 32.7 Å². The van der Waals surface area contributed by atoms with Gasteiger partial charge in [0.1, 0.15) is 5.01 Å². The van der Waals surface area contributed by atoms with Crippen LogP contribution in [0.1, 0.15) is 47.4 Å². The molecule has 0 unspecified atom stereocenters. The fourth-order valence-corrected chi connectivity index (χ4v) is 4.02. The van der Waals surface area contributed by atoms with Gasteiger partial charge in [-0.2, -0.15) is 0 Å². The molecule has 2 aromatic rings. The number of hydrogen-bond donors (Lipinski definition) is 2. The van der Waals surface area contributed by atoms with E-state index >= 15 is 0 Å². The number of amides is 2. The predicted molar refractivity (Wildman–Crippen MR) is 111 cm³/mol. The molecule has 2 heterocycles. The van der Waals surface area contributed by atoms with Crippen molar-refractivity contribution in [1.29, 1.82) is 0 Å². The number of likely N-dealkylation sites (tertiary alicyclic amines) is 1. The Labute approximate surface area is 169 Å². The van der Waals surface area contributed by atoms with E-state index in [1.54, 1.807) is 0 Å². The summed E-state index contributed by atoms with van der Waals surface area (Å²) in [5.41, 5.74) is 0.714. The van der Waals surface area contributed by atoms with Crippen LogP contribution in [0.25, 0.3) is 0 Å². The van der Waals surface area contributed by atoms with Gasteiger partial charge in [-0.1, -0.05) is 36.0 Å². The highest BCUT2D eigenvalue weighted by Crippen LogP contribution is 2.16. The molecule has 2 N–H and O–H groups in total. The molecule has 1 aliphatic heterocycles. The van der Waals surface area contributed by atoms with E-state index in [1.807, 2.05) is 30.3 Å². The Bertz CT molecular complexity index is 780. The second-order valence-corrected chi connectivity index (χ2v) is 8.11. The molecule has 28 heavy (non-hydrogen) atoms. The van der Waals surface area contributed by atoms with Crippen LogP contribution in [0, 0.1) is 0 Å². The van der Waals surface area contributed by atoms with Crippen molar-refractivity contribution in [1.82, 2.24) is 20.4 Å². The molecule has 0 saturated carbocycles. The van der Waals surface area contributed by atoms with E-state index in [9.17, 15) is 9.59 Å². The lowest BCUT2D eigenvalue weighted by molar-refractivity contribution is -0.121. The molecule has 1 aliphatic rings. The zero-order valence-corrected chi connectivity index (χ0v) is 17.0. The Morgan fingerprint density at radius 1 is 1.21 bits per heavy atom. The van der Waals surface area contributed by atoms with Crippen LogP contribution < -0.4 is 10.6 Å². The van der Waals surface area contributed by atoms with Crippen LogP contribution >= 0.6 is 11.3 Å². The van der Waals surface area contributed by atoms with Crippen molar-refractivity contribution in [2.24, 2.45) is 0 Å². The van der Waals surface area contributed by atoms with Crippen LogP contribution in [0.15, 0.2) is 30.3 Å². The second-order valence-electron chi connectivity index (χ2n) is 7.05. The first-order valence-electron chi connectivity index (χ1n) is 9.81. The van der Waals surface area contributed by atoms with Gasteiger partial charge in [0.15, 0.2) is 0 Å². The molecular formula is C20H27N5O2S. The number of hydrogen-bond acceptors (Lipinski definition) is 6. The molecule has 0 spiro atoms.